The molecule has 156 valence electrons. The van der Waals surface area contributed by atoms with Gasteiger partial charge in [-0.15, -0.1) is 32.9 Å². The molecule has 0 spiro atoms. The number of thiophene rings is 1. The predicted molar refractivity (Wildman–Crippen MR) is 127 cm³/mol. The third-order valence-corrected chi connectivity index (χ3v) is 7.80. The quantitative estimate of drug-likeness (QED) is 0.298. The molecule has 4 aromatic rings. The van der Waals surface area contributed by atoms with Gasteiger partial charge in [-0.3, -0.25) is 4.90 Å². The molecule has 0 aliphatic heterocycles. The predicted octanol–water partition coefficient (Wildman–Crippen LogP) is 5.82. The van der Waals surface area contributed by atoms with Crippen molar-refractivity contribution in [2.75, 3.05) is 14.1 Å². The standard InChI is InChI=1S/C22H25N5S3/c1-4-18(26(2)3)20-24-25-22(27(20)13-16-9-6-5-7-10-16)30-15-17-14-29-21(23-17)19-11-8-12-28-19/h5-12,14,18H,4,13,15H2,1-3H3/t18-/m0/s1. The molecule has 0 unspecified atom stereocenters. The second-order valence-electron chi connectivity index (χ2n) is 7.21. The van der Waals surface area contributed by atoms with E-state index in [0.717, 1.165) is 40.4 Å². The molecule has 0 N–H and O–H groups in total. The number of nitrogens with zero attached hydrogens (tertiary/aromatic N) is 5. The average Bonchev–Trinajstić information content (AvgIpc) is 3.49. The molecule has 0 bridgehead atoms. The summed E-state index contributed by atoms with van der Waals surface area (Å²) in [5, 5.41) is 15.4. The first-order valence-electron chi connectivity index (χ1n) is 9.90. The Morgan fingerprint density at radius 1 is 1.07 bits per heavy atom. The summed E-state index contributed by atoms with van der Waals surface area (Å²) >= 11 is 5.14. The lowest BCUT2D eigenvalue weighted by Crippen LogP contribution is -2.23. The molecule has 5 nitrogen and oxygen atoms in total. The van der Waals surface area contributed by atoms with E-state index >= 15 is 0 Å². The van der Waals surface area contributed by atoms with Crippen LogP contribution in [0.15, 0.2) is 58.4 Å². The third-order valence-electron chi connectivity index (χ3n) is 4.87. The van der Waals surface area contributed by atoms with Gasteiger partial charge in [0.15, 0.2) is 11.0 Å². The minimum absolute atomic E-state index is 0.236. The molecule has 30 heavy (non-hydrogen) atoms. The first-order valence-corrected chi connectivity index (χ1v) is 12.6. The summed E-state index contributed by atoms with van der Waals surface area (Å²) in [5.74, 6) is 1.81. The van der Waals surface area contributed by atoms with E-state index in [1.807, 2.05) is 6.07 Å². The fourth-order valence-electron chi connectivity index (χ4n) is 3.37. The van der Waals surface area contributed by atoms with Crippen LogP contribution in [-0.2, 0) is 12.3 Å². The summed E-state index contributed by atoms with van der Waals surface area (Å²) in [5.41, 5.74) is 2.34. The number of benzene rings is 1. The third kappa shape index (κ3) is 4.83. The van der Waals surface area contributed by atoms with Crippen LogP contribution in [-0.4, -0.2) is 38.7 Å². The van der Waals surface area contributed by atoms with Crippen LogP contribution >= 0.6 is 34.4 Å². The van der Waals surface area contributed by atoms with Crippen molar-refractivity contribution < 1.29 is 0 Å². The van der Waals surface area contributed by atoms with Crippen molar-refractivity contribution in [3.8, 4) is 9.88 Å². The van der Waals surface area contributed by atoms with E-state index in [4.69, 9.17) is 4.98 Å². The fraction of sp³-hybridized carbons (Fsp3) is 0.318. The van der Waals surface area contributed by atoms with Gasteiger partial charge in [0.25, 0.3) is 0 Å². The zero-order valence-corrected chi connectivity index (χ0v) is 19.8. The fourth-order valence-corrected chi connectivity index (χ4v) is 5.95. The normalized spacial score (nSPS) is 12.5. The minimum Gasteiger partial charge on any atom is -0.300 e. The summed E-state index contributed by atoms with van der Waals surface area (Å²) < 4.78 is 2.26. The Kier molecular flexibility index (Phi) is 6.99. The van der Waals surface area contributed by atoms with Gasteiger partial charge in [-0.2, -0.15) is 0 Å². The maximum absolute atomic E-state index is 4.81. The second-order valence-corrected chi connectivity index (χ2v) is 9.96. The maximum atomic E-state index is 4.81. The second kappa shape index (κ2) is 9.87. The molecule has 0 aliphatic carbocycles. The molecule has 0 amide bonds. The first-order chi connectivity index (χ1) is 14.7. The Balaban J connectivity index is 1.57. The van der Waals surface area contributed by atoms with E-state index in [-0.39, 0.29) is 6.04 Å². The van der Waals surface area contributed by atoms with Crippen molar-refractivity contribution in [2.45, 2.75) is 36.8 Å². The van der Waals surface area contributed by atoms with E-state index in [1.165, 1.54) is 10.4 Å². The van der Waals surface area contributed by atoms with Gasteiger partial charge in [-0.25, -0.2) is 4.98 Å². The number of thiazole rings is 1. The number of thioether (sulfide) groups is 1. The molecule has 1 atom stereocenters. The lowest BCUT2D eigenvalue weighted by Gasteiger charge is -2.23. The van der Waals surface area contributed by atoms with Crippen molar-refractivity contribution in [3.63, 3.8) is 0 Å². The van der Waals surface area contributed by atoms with Crippen molar-refractivity contribution >= 4 is 34.4 Å². The van der Waals surface area contributed by atoms with Crippen LogP contribution in [0.2, 0.25) is 0 Å². The lowest BCUT2D eigenvalue weighted by molar-refractivity contribution is 0.272. The van der Waals surface area contributed by atoms with Gasteiger partial charge >= 0.3 is 0 Å². The molecule has 0 fully saturated rings. The number of rotatable bonds is 9. The van der Waals surface area contributed by atoms with Gasteiger partial charge in [0.05, 0.1) is 23.2 Å². The molecule has 0 saturated heterocycles. The van der Waals surface area contributed by atoms with Crippen molar-refractivity contribution in [3.05, 3.63) is 70.3 Å². The number of hydrogen-bond donors (Lipinski definition) is 0. The highest BCUT2D eigenvalue weighted by molar-refractivity contribution is 7.98. The molecular weight excluding hydrogens is 430 g/mol. The van der Waals surface area contributed by atoms with Crippen molar-refractivity contribution in [1.82, 2.24) is 24.6 Å². The zero-order chi connectivity index (χ0) is 20.9. The van der Waals surface area contributed by atoms with Gasteiger partial charge in [0, 0.05) is 11.1 Å². The Bertz CT molecular complexity index is 1050. The smallest absolute Gasteiger partial charge is 0.191 e. The molecule has 4 rings (SSSR count). The minimum atomic E-state index is 0.236. The van der Waals surface area contributed by atoms with Crippen LogP contribution in [0.4, 0.5) is 0 Å². The Labute approximate surface area is 189 Å². The largest absolute Gasteiger partial charge is 0.300 e. The van der Waals surface area contributed by atoms with Crippen LogP contribution < -0.4 is 0 Å². The van der Waals surface area contributed by atoms with Gasteiger partial charge in [0.2, 0.25) is 0 Å². The summed E-state index contributed by atoms with van der Waals surface area (Å²) in [6.07, 6.45) is 0.987. The average molecular weight is 456 g/mol. The van der Waals surface area contributed by atoms with Gasteiger partial charge < -0.3 is 4.57 Å². The van der Waals surface area contributed by atoms with Crippen LogP contribution in [0, 0.1) is 0 Å². The van der Waals surface area contributed by atoms with E-state index in [2.05, 4.69) is 87.8 Å². The zero-order valence-electron chi connectivity index (χ0n) is 17.4. The first kappa shape index (κ1) is 21.2. The van der Waals surface area contributed by atoms with Crippen LogP contribution in [0.25, 0.3) is 9.88 Å². The van der Waals surface area contributed by atoms with Crippen molar-refractivity contribution in [2.24, 2.45) is 0 Å². The Morgan fingerprint density at radius 2 is 1.90 bits per heavy atom. The highest BCUT2D eigenvalue weighted by Gasteiger charge is 2.22. The molecule has 1 aromatic carbocycles. The summed E-state index contributed by atoms with van der Waals surface area (Å²) in [4.78, 5) is 8.25. The Morgan fingerprint density at radius 3 is 2.60 bits per heavy atom. The van der Waals surface area contributed by atoms with E-state index in [1.54, 1.807) is 34.4 Å². The van der Waals surface area contributed by atoms with E-state index in [9.17, 15) is 0 Å². The van der Waals surface area contributed by atoms with Crippen LogP contribution in [0.3, 0.4) is 0 Å². The van der Waals surface area contributed by atoms with Gasteiger partial charge in [0.1, 0.15) is 5.01 Å². The van der Waals surface area contributed by atoms with Gasteiger partial charge in [-0.05, 0) is 37.5 Å². The van der Waals surface area contributed by atoms with Gasteiger partial charge in [-0.1, -0.05) is 55.1 Å². The highest BCUT2D eigenvalue weighted by atomic mass is 32.2. The Hall–Kier alpha value is -2.00. The molecule has 0 radical (unpaired) electrons. The van der Waals surface area contributed by atoms with Crippen LogP contribution in [0.5, 0.6) is 0 Å². The lowest BCUT2D eigenvalue weighted by atomic mass is 10.2. The topological polar surface area (TPSA) is 46.8 Å². The van der Waals surface area contributed by atoms with E-state index < -0.39 is 0 Å². The number of hydrogen-bond acceptors (Lipinski definition) is 7. The van der Waals surface area contributed by atoms with Crippen molar-refractivity contribution in [1.29, 1.82) is 0 Å². The molecule has 8 heteroatoms. The number of aromatic nitrogens is 4. The summed E-state index contributed by atoms with van der Waals surface area (Å²) in [7, 11) is 4.20. The molecule has 0 saturated carbocycles. The maximum Gasteiger partial charge on any atom is 0.191 e. The highest BCUT2D eigenvalue weighted by Crippen LogP contribution is 2.31. The SMILES string of the molecule is CC[C@@H](c1nnc(SCc2csc(-c3cccs3)n2)n1Cc1ccccc1)N(C)C. The molecule has 3 heterocycles. The summed E-state index contributed by atoms with van der Waals surface area (Å²) in [6, 6.07) is 14.9. The molecular formula is C22H25N5S3. The van der Waals surface area contributed by atoms with E-state index in [0.29, 0.717) is 0 Å². The molecule has 3 aromatic heterocycles. The molecule has 0 aliphatic rings. The summed E-state index contributed by atoms with van der Waals surface area (Å²) in [6.45, 7) is 2.97. The van der Waals surface area contributed by atoms with Crippen LogP contribution in [0.1, 0.15) is 36.5 Å². The monoisotopic (exact) mass is 455 g/mol.